The van der Waals surface area contributed by atoms with Gasteiger partial charge in [0.05, 0.1) is 35.0 Å². The zero-order valence-electron chi connectivity index (χ0n) is 24.8. The van der Waals surface area contributed by atoms with Gasteiger partial charge in [-0.2, -0.15) is 18.2 Å². The molecule has 1 aliphatic heterocycles. The molecule has 3 aromatic carbocycles. The van der Waals surface area contributed by atoms with Gasteiger partial charge in [0.1, 0.15) is 11.2 Å². The summed E-state index contributed by atoms with van der Waals surface area (Å²) in [5.74, 6) is -0.734. The number of aryl methyl sites for hydroxylation is 1. The second kappa shape index (κ2) is 11.9. The Labute approximate surface area is 271 Å². The predicted octanol–water partition coefficient (Wildman–Crippen LogP) is 9.12. The molecule has 0 bridgehead atoms. The van der Waals surface area contributed by atoms with E-state index in [1.54, 1.807) is 26.0 Å². The number of urea groups is 1. The number of benzene rings is 3. The predicted molar refractivity (Wildman–Crippen MR) is 166 cm³/mol. The number of carbonyl (C=O) groups is 2. The first-order valence-electron chi connectivity index (χ1n) is 13.7. The lowest BCUT2D eigenvalue weighted by molar-refractivity contribution is -0.136. The Bertz CT molecular complexity index is 1930. The Balaban J connectivity index is 1.40. The second-order valence-electron chi connectivity index (χ2n) is 10.3. The van der Waals surface area contributed by atoms with E-state index in [1.807, 2.05) is 6.07 Å². The normalized spacial score (nSPS) is 16.2. The number of amides is 3. The maximum Gasteiger partial charge on any atom is 0.418 e. The standard InChI is InChI=1S/C29H24F8N6O3S2/c1-3-46-14-19-5-4-17(2)12-24(19)43-25(44)15-47-28(43)40-27(45)39-23-11-6-18(13-22(23)29(30,31)32)26-38-16-42(41-26)20-7-9-21(10-8-20)48(33,34,35,36)37/h4-13,16H,3,14-15H2,1-2H3,(H,39,45)/b40-28-. The van der Waals surface area contributed by atoms with E-state index in [1.165, 1.54) is 4.90 Å². The molecule has 48 heavy (non-hydrogen) atoms. The van der Waals surface area contributed by atoms with E-state index in [-0.39, 0.29) is 46.7 Å². The highest BCUT2D eigenvalue weighted by molar-refractivity contribution is 8.45. The maximum atomic E-state index is 14.1. The van der Waals surface area contributed by atoms with Crippen LogP contribution in [-0.4, -0.2) is 44.2 Å². The first-order valence-corrected chi connectivity index (χ1v) is 16.7. The van der Waals surface area contributed by atoms with Crippen molar-refractivity contribution in [2.45, 2.75) is 31.5 Å². The third-order valence-electron chi connectivity index (χ3n) is 6.77. The Morgan fingerprint density at radius 2 is 1.75 bits per heavy atom. The van der Waals surface area contributed by atoms with Crippen LogP contribution < -0.4 is 10.2 Å². The van der Waals surface area contributed by atoms with Gasteiger partial charge in [0.15, 0.2) is 11.0 Å². The molecule has 1 fully saturated rings. The summed E-state index contributed by atoms with van der Waals surface area (Å²) in [5.41, 5.74) is -0.399. The zero-order chi connectivity index (χ0) is 35.1. The fourth-order valence-corrected chi connectivity index (χ4v) is 6.04. The van der Waals surface area contributed by atoms with Crippen LogP contribution in [0, 0.1) is 6.92 Å². The van der Waals surface area contributed by atoms with E-state index in [9.17, 15) is 42.2 Å². The first-order chi connectivity index (χ1) is 22.2. The summed E-state index contributed by atoms with van der Waals surface area (Å²) in [6.45, 7) is 4.16. The van der Waals surface area contributed by atoms with Crippen LogP contribution in [-0.2, 0) is 22.3 Å². The topological polar surface area (TPSA) is 102 Å². The number of ether oxygens (including phenoxy) is 1. The van der Waals surface area contributed by atoms with Gasteiger partial charge in [0.25, 0.3) is 0 Å². The average molecular weight is 721 g/mol. The van der Waals surface area contributed by atoms with Gasteiger partial charge in [0.2, 0.25) is 5.91 Å². The van der Waals surface area contributed by atoms with Crippen molar-refractivity contribution in [3.8, 4) is 17.1 Å². The third-order valence-corrected chi connectivity index (χ3v) is 8.86. The van der Waals surface area contributed by atoms with Crippen LogP contribution >= 0.6 is 22.0 Å². The van der Waals surface area contributed by atoms with E-state index in [0.29, 0.717) is 36.1 Å². The summed E-state index contributed by atoms with van der Waals surface area (Å²) in [7, 11) is -9.91. The van der Waals surface area contributed by atoms with Crippen LogP contribution in [0.1, 0.15) is 23.6 Å². The fourth-order valence-electron chi connectivity index (χ4n) is 4.53. The number of nitrogens with one attached hydrogen (secondary N) is 1. The van der Waals surface area contributed by atoms with Gasteiger partial charge >= 0.3 is 22.4 Å². The van der Waals surface area contributed by atoms with Crippen LogP contribution in [0.15, 0.2) is 76.9 Å². The minimum absolute atomic E-state index is 0.0469. The van der Waals surface area contributed by atoms with Gasteiger partial charge in [-0.05, 0) is 67.9 Å². The number of alkyl halides is 3. The number of carbonyl (C=O) groups excluding carboxylic acids is 2. The van der Waals surface area contributed by atoms with E-state index in [4.69, 9.17) is 4.74 Å². The quantitative estimate of drug-likeness (QED) is 0.182. The number of aromatic nitrogens is 3. The molecular weight excluding hydrogens is 696 g/mol. The number of hydrogen-bond donors (Lipinski definition) is 1. The summed E-state index contributed by atoms with van der Waals surface area (Å²) < 4.78 is 114. The van der Waals surface area contributed by atoms with E-state index >= 15 is 0 Å². The van der Waals surface area contributed by atoms with Gasteiger partial charge in [-0.15, -0.1) is 5.10 Å². The molecule has 0 atom stereocenters. The summed E-state index contributed by atoms with van der Waals surface area (Å²) in [6, 6.07) is 8.59. The van der Waals surface area contributed by atoms with Crippen LogP contribution in [0.5, 0.6) is 0 Å². The van der Waals surface area contributed by atoms with Gasteiger partial charge in [-0.3, -0.25) is 9.69 Å². The third kappa shape index (κ3) is 7.79. The molecule has 1 saturated heterocycles. The minimum Gasteiger partial charge on any atom is -0.377 e. The van der Waals surface area contributed by atoms with E-state index < -0.39 is 44.5 Å². The summed E-state index contributed by atoms with van der Waals surface area (Å²) in [5, 5.41) is 6.01. The van der Waals surface area contributed by atoms with Crippen LogP contribution in [0.25, 0.3) is 17.1 Å². The summed E-state index contributed by atoms with van der Waals surface area (Å²) >= 11 is 0.935. The second-order valence-corrected chi connectivity index (χ2v) is 13.7. The molecule has 0 unspecified atom stereocenters. The van der Waals surface area contributed by atoms with Crippen molar-refractivity contribution in [2.75, 3.05) is 22.6 Å². The molecule has 0 spiro atoms. The van der Waals surface area contributed by atoms with Crippen molar-refractivity contribution < 1.29 is 46.9 Å². The number of thioether (sulfide) groups is 1. The highest BCUT2D eigenvalue weighted by Gasteiger charge is 2.65. The molecule has 0 radical (unpaired) electrons. The monoisotopic (exact) mass is 720 g/mol. The lowest BCUT2D eigenvalue weighted by Crippen LogP contribution is -2.31. The number of anilines is 2. The molecule has 3 amide bonds. The minimum atomic E-state index is -9.91. The molecule has 4 aromatic rings. The Kier molecular flexibility index (Phi) is 8.62. The Morgan fingerprint density at radius 3 is 2.40 bits per heavy atom. The van der Waals surface area contributed by atoms with Crippen LogP contribution in [0.4, 0.5) is 48.8 Å². The smallest absolute Gasteiger partial charge is 0.377 e. The summed E-state index contributed by atoms with van der Waals surface area (Å²) in [4.78, 5) is 32.6. The van der Waals surface area contributed by atoms with Crippen LogP contribution in [0.3, 0.4) is 0 Å². The number of hydrogen-bond acceptors (Lipinski definition) is 6. The van der Waals surface area contributed by atoms with Crippen molar-refractivity contribution in [1.29, 1.82) is 0 Å². The highest BCUT2D eigenvalue weighted by Crippen LogP contribution is 3.02. The lowest BCUT2D eigenvalue weighted by atomic mass is 10.1. The number of halogens is 8. The molecule has 0 saturated carbocycles. The molecule has 1 aliphatic rings. The molecule has 256 valence electrons. The van der Waals surface area contributed by atoms with Crippen molar-refractivity contribution in [1.82, 2.24) is 14.8 Å². The molecular formula is C29H24F8N6O3S2. The van der Waals surface area contributed by atoms with Crippen molar-refractivity contribution in [3.05, 3.63) is 83.7 Å². The molecule has 9 nitrogen and oxygen atoms in total. The lowest BCUT2D eigenvalue weighted by Gasteiger charge is -2.40. The van der Waals surface area contributed by atoms with Crippen molar-refractivity contribution in [2.24, 2.45) is 4.99 Å². The van der Waals surface area contributed by atoms with E-state index in [2.05, 4.69) is 20.4 Å². The number of rotatable bonds is 8. The summed E-state index contributed by atoms with van der Waals surface area (Å²) in [6.07, 6.45) is -4.01. The molecule has 1 aromatic heterocycles. The van der Waals surface area contributed by atoms with Crippen molar-refractivity contribution >= 4 is 50.5 Å². The van der Waals surface area contributed by atoms with E-state index in [0.717, 1.165) is 40.5 Å². The Morgan fingerprint density at radius 1 is 1.04 bits per heavy atom. The molecule has 2 heterocycles. The highest BCUT2D eigenvalue weighted by atomic mass is 32.5. The number of aliphatic imine (C=N–C) groups is 1. The maximum absolute atomic E-state index is 14.1. The molecule has 1 N–H and O–H groups in total. The number of nitrogens with zero attached hydrogens (tertiary/aromatic N) is 5. The molecule has 0 aliphatic carbocycles. The average Bonchev–Trinajstić information content (AvgIpc) is 3.62. The van der Waals surface area contributed by atoms with Gasteiger partial charge in [0, 0.05) is 17.7 Å². The Hall–Kier alpha value is -4.49. The largest absolute Gasteiger partial charge is 0.418 e. The number of amidine groups is 1. The zero-order valence-corrected chi connectivity index (χ0v) is 26.4. The van der Waals surface area contributed by atoms with Gasteiger partial charge in [-0.1, -0.05) is 43.3 Å². The SMILES string of the molecule is CCOCc1ccc(C)cc1N1C(=O)CS/C1=N\C(=O)Nc1ccc(-c2ncn(-c3ccc(S(F)(F)(F)(F)F)cc3)n2)cc1C(F)(F)F. The first kappa shape index (κ1) is 34.8. The molecule has 19 heteroatoms. The molecule has 5 rings (SSSR count). The fraction of sp³-hybridized carbons (Fsp3) is 0.207. The van der Waals surface area contributed by atoms with Gasteiger partial charge < -0.3 is 10.1 Å². The van der Waals surface area contributed by atoms with Gasteiger partial charge in [-0.25, -0.2) is 14.5 Å². The van der Waals surface area contributed by atoms with Crippen LogP contribution in [0.2, 0.25) is 0 Å². The van der Waals surface area contributed by atoms with Crippen molar-refractivity contribution in [3.63, 3.8) is 0 Å².